The van der Waals surface area contributed by atoms with Crippen molar-refractivity contribution in [3.63, 3.8) is 0 Å². The Kier molecular flexibility index (Phi) is 12.9. The van der Waals surface area contributed by atoms with Crippen LogP contribution in [-0.4, -0.2) is 9.55 Å². The normalized spacial score (nSPS) is 13.5. The molecule has 2 aromatic heterocycles. The van der Waals surface area contributed by atoms with Crippen molar-refractivity contribution < 1.29 is 29.9 Å². The predicted molar refractivity (Wildman–Crippen MR) is 299 cm³/mol. The van der Waals surface area contributed by atoms with Crippen LogP contribution in [0.5, 0.6) is 11.5 Å². The number of para-hydroxylation sites is 3. The Hall–Kier alpha value is -6.42. The summed E-state index contributed by atoms with van der Waals surface area (Å²) >= 11 is 0. The molecule has 7 aromatic carbocycles. The first-order valence-corrected chi connectivity index (χ1v) is 25.3. The van der Waals surface area contributed by atoms with Gasteiger partial charge in [-0.2, -0.15) is 12.1 Å². The van der Waals surface area contributed by atoms with Crippen LogP contribution in [0.2, 0.25) is 0 Å². The minimum atomic E-state index is -0.195. The second-order valence-electron chi connectivity index (χ2n) is 22.2. The van der Waals surface area contributed by atoms with Crippen LogP contribution in [0.15, 0.2) is 152 Å². The summed E-state index contributed by atoms with van der Waals surface area (Å²) in [5.74, 6) is 1.93. The molecule has 1 aliphatic heterocycles. The van der Waals surface area contributed by atoms with E-state index in [-0.39, 0.29) is 55.4 Å². The zero-order chi connectivity index (χ0) is 52.4. The maximum absolute atomic E-state index is 9.76. The molecule has 0 spiro atoms. The van der Waals surface area contributed by atoms with E-state index in [1.54, 1.807) is 0 Å². The monoisotopic (exact) mass is 1130 g/mol. The van der Waals surface area contributed by atoms with Crippen LogP contribution in [0.4, 0.5) is 22.7 Å². The van der Waals surface area contributed by atoms with Gasteiger partial charge in [0.15, 0.2) is 0 Å². The maximum atomic E-state index is 9.76. The van der Waals surface area contributed by atoms with Gasteiger partial charge < -0.3 is 19.1 Å². The van der Waals surface area contributed by atoms with E-state index in [2.05, 4.69) is 163 Å². The molecular formula is C66H67N4OPt-3. The Morgan fingerprint density at radius 3 is 1.92 bits per heavy atom. The molecule has 0 saturated carbocycles. The molecule has 0 radical (unpaired) electrons. The molecule has 5 nitrogen and oxygen atoms in total. The van der Waals surface area contributed by atoms with E-state index in [0.717, 1.165) is 87.2 Å². The Bertz CT molecular complexity index is 3570. The van der Waals surface area contributed by atoms with Crippen LogP contribution in [0.1, 0.15) is 121 Å². The van der Waals surface area contributed by atoms with Crippen molar-refractivity contribution in [3.05, 3.63) is 198 Å². The fourth-order valence-electron chi connectivity index (χ4n) is 10.0. The number of benzene rings is 7. The summed E-state index contributed by atoms with van der Waals surface area (Å²) in [6.45, 7) is 26.5. The summed E-state index contributed by atoms with van der Waals surface area (Å²) in [4.78, 5) is 9.18. The topological polar surface area (TPSA) is 33.5 Å². The number of anilines is 4. The van der Waals surface area contributed by atoms with Crippen molar-refractivity contribution in [2.45, 2.75) is 118 Å². The third kappa shape index (κ3) is 9.66. The third-order valence-electron chi connectivity index (χ3n) is 13.8. The molecule has 6 heteroatoms. The van der Waals surface area contributed by atoms with Gasteiger partial charge in [-0.05, 0) is 104 Å². The van der Waals surface area contributed by atoms with Crippen molar-refractivity contribution in [2.24, 2.45) is 0 Å². The van der Waals surface area contributed by atoms with Gasteiger partial charge in [0.1, 0.15) is 5.82 Å². The van der Waals surface area contributed by atoms with Gasteiger partial charge in [-0.1, -0.05) is 179 Å². The molecule has 0 aliphatic carbocycles. The fraction of sp³-hybridized carbons (Fsp3) is 0.273. The molecule has 0 unspecified atom stereocenters. The molecular weight excluding hydrogens is 1060 g/mol. The van der Waals surface area contributed by atoms with Crippen molar-refractivity contribution in [2.75, 3.05) is 9.80 Å². The van der Waals surface area contributed by atoms with Crippen LogP contribution < -0.4 is 14.5 Å². The van der Waals surface area contributed by atoms with Gasteiger partial charge >= 0.3 is 0 Å². The van der Waals surface area contributed by atoms with E-state index >= 15 is 0 Å². The number of hydrogen-bond donors (Lipinski definition) is 0. The summed E-state index contributed by atoms with van der Waals surface area (Å²) in [5.41, 5.74) is 13.8. The van der Waals surface area contributed by atoms with Crippen molar-refractivity contribution in [1.29, 1.82) is 0 Å². The van der Waals surface area contributed by atoms with E-state index in [4.69, 9.17) is 9.72 Å². The van der Waals surface area contributed by atoms with Gasteiger partial charge in [-0.15, -0.1) is 48.1 Å². The summed E-state index contributed by atoms with van der Waals surface area (Å²) in [5, 5.41) is 2.37. The Morgan fingerprint density at radius 2 is 1.25 bits per heavy atom. The fourth-order valence-corrected chi connectivity index (χ4v) is 10.0. The van der Waals surface area contributed by atoms with Crippen LogP contribution >= 0.6 is 0 Å². The van der Waals surface area contributed by atoms with Crippen molar-refractivity contribution in [1.82, 2.24) is 9.55 Å². The van der Waals surface area contributed by atoms with Gasteiger partial charge in [-0.25, -0.2) is 4.98 Å². The number of hydrogen-bond acceptors (Lipinski definition) is 4. The zero-order valence-corrected chi connectivity index (χ0v) is 45.9. The quantitative estimate of drug-likeness (QED) is 0.121. The summed E-state index contributed by atoms with van der Waals surface area (Å²) in [6, 6.07) is 51.0. The molecule has 72 heavy (non-hydrogen) atoms. The standard InChI is InChI=1S/C66H67N4O.Pt/c1-12-21-44-31-34-59-62(53(44)22-13-2)56-33-32-52(42-60(56)70(59)61-40-47(35-36-67-61)64(3,4)5)71-51-26-19-25-50(41-51)68-43-69(58-30-18-17-29-57(58)68)63-54(45-23-15-14-16-24-45)27-20-28-55(63)46-37-48(65(6,7)8)39-49(38-46)66(9,10)11;/h14-20,23-40,43H,12-13,21-22H2,1-11H3;/q-3;/i20D,27D,28D;. The number of rotatable bonds is 11. The molecule has 0 saturated heterocycles. The first-order valence-electron chi connectivity index (χ1n) is 26.8. The first kappa shape index (κ1) is 46.6. The smallest absolute Gasteiger partial charge is 0.135 e. The number of ether oxygens (including phenoxy) is 1. The molecule has 0 fully saturated rings. The number of fused-ring (bicyclic) bond motifs is 4. The van der Waals surface area contributed by atoms with Crippen molar-refractivity contribution >= 4 is 44.6 Å². The minimum Gasteiger partial charge on any atom is -0.509 e. The van der Waals surface area contributed by atoms with E-state index < -0.39 is 0 Å². The molecule has 0 N–H and O–H groups in total. The number of aromatic nitrogens is 2. The SMILES string of the molecule is [2H]c1c([2H])c(-c2ccccc2)c(N2[CH-]N(c3[c-]c(Oc4[c-]c5c(cc4)c4c(CCC)c(CCC)ccc4n5-c4cc(C(C)(C)C)ccn4)ccc3)c3ccccc32)c(-c2cc(C(C)(C)C)cc(C(C)(C)C)c2)c1[2H].[Pt]. The molecule has 1 aliphatic rings. The second-order valence-corrected chi connectivity index (χ2v) is 22.2. The van der Waals surface area contributed by atoms with Crippen LogP contribution in [-0.2, 0) is 50.2 Å². The van der Waals surface area contributed by atoms with E-state index in [1.165, 1.54) is 22.1 Å². The van der Waals surface area contributed by atoms with E-state index in [0.29, 0.717) is 28.3 Å². The molecule has 0 bridgehead atoms. The molecule has 3 heterocycles. The first-order chi connectivity index (χ1) is 35.3. The number of pyridine rings is 1. The number of nitrogens with zero attached hydrogens (tertiary/aromatic N) is 4. The second kappa shape index (κ2) is 19.9. The zero-order valence-electron chi connectivity index (χ0n) is 46.6. The van der Waals surface area contributed by atoms with E-state index in [9.17, 15) is 4.11 Å². The molecule has 0 amide bonds. The predicted octanol–water partition coefficient (Wildman–Crippen LogP) is 18.1. The van der Waals surface area contributed by atoms with Gasteiger partial charge in [-0.3, -0.25) is 0 Å². The van der Waals surface area contributed by atoms with E-state index in [1.807, 2.05) is 79.6 Å². The average Bonchev–Trinajstić information content (AvgIpc) is 3.95. The van der Waals surface area contributed by atoms with Gasteiger partial charge in [0.05, 0.1) is 4.11 Å². The molecule has 0 atom stereocenters. The van der Waals surface area contributed by atoms with Crippen LogP contribution in [0, 0.1) is 18.8 Å². The molecule has 9 aromatic rings. The average molecular weight is 1130 g/mol. The molecule has 10 rings (SSSR count). The summed E-state index contributed by atoms with van der Waals surface area (Å²) < 4.78 is 37.8. The third-order valence-corrected chi connectivity index (χ3v) is 13.8. The summed E-state index contributed by atoms with van der Waals surface area (Å²) in [6.07, 6.45) is 6.04. The Balaban J connectivity index is 0.00000689. The van der Waals surface area contributed by atoms with Crippen LogP contribution in [0.25, 0.3) is 49.9 Å². The number of aryl methyl sites for hydroxylation is 2. The molecule has 370 valence electrons. The van der Waals surface area contributed by atoms with Gasteiger partial charge in [0, 0.05) is 72.5 Å². The minimum absolute atomic E-state index is 0. The van der Waals surface area contributed by atoms with Gasteiger partial charge in [0.25, 0.3) is 0 Å². The van der Waals surface area contributed by atoms with Crippen LogP contribution in [0.3, 0.4) is 0 Å². The Labute approximate surface area is 447 Å². The van der Waals surface area contributed by atoms with Gasteiger partial charge in [0.2, 0.25) is 0 Å². The summed E-state index contributed by atoms with van der Waals surface area (Å²) in [7, 11) is 0. The van der Waals surface area contributed by atoms with Crippen molar-refractivity contribution in [3.8, 4) is 39.6 Å². The largest absolute Gasteiger partial charge is 0.509 e. The maximum Gasteiger partial charge on any atom is 0.135 e. The Morgan fingerprint density at radius 1 is 0.611 bits per heavy atom.